The van der Waals surface area contributed by atoms with Crippen LogP contribution in [0.4, 0.5) is 8.78 Å². The summed E-state index contributed by atoms with van der Waals surface area (Å²) < 4.78 is 37.5. The van der Waals surface area contributed by atoms with Gasteiger partial charge in [-0.25, -0.2) is 4.98 Å². The molecular formula is C16H16F2N4O2S. The van der Waals surface area contributed by atoms with E-state index in [0.717, 1.165) is 33.2 Å². The normalized spacial score (nSPS) is 11.2. The lowest BCUT2D eigenvalue weighted by atomic mass is 10.1. The highest BCUT2D eigenvalue weighted by Crippen LogP contribution is 2.24. The third-order valence-electron chi connectivity index (χ3n) is 3.43. The number of aryl methyl sites for hydroxylation is 2. The van der Waals surface area contributed by atoms with E-state index in [9.17, 15) is 8.78 Å². The van der Waals surface area contributed by atoms with Gasteiger partial charge in [-0.05, 0) is 31.0 Å². The monoisotopic (exact) mass is 366 g/mol. The van der Waals surface area contributed by atoms with Crippen molar-refractivity contribution in [2.24, 2.45) is 0 Å². The molecule has 2 heterocycles. The van der Waals surface area contributed by atoms with Gasteiger partial charge in [-0.2, -0.15) is 8.78 Å². The van der Waals surface area contributed by atoms with Gasteiger partial charge in [0.05, 0.1) is 5.75 Å². The Bertz CT molecular complexity index is 850. The molecular weight excluding hydrogens is 350 g/mol. The molecule has 0 bridgehead atoms. The van der Waals surface area contributed by atoms with Gasteiger partial charge >= 0.3 is 6.55 Å². The predicted octanol–water partition coefficient (Wildman–Crippen LogP) is 4.15. The number of hydrogen-bond acceptors (Lipinski definition) is 6. The number of nitrogens with zero attached hydrogens (tertiary/aromatic N) is 4. The number of rotatable bonds is 7. The van der Waals surface area contributed by atoms with Gasteiger partial charge in [-0.3, -0.25) is 4.57 Å². The highest BCUT2D eigenvalue weighted by Gasteiger charge is 2.14. The molecule has 0 aliphatic carbocycles. The number of benzene rings is 1. The molecule has 6 nitrogen and oxygen atoms in total. The van der Waals surface area contributed by atoms with E-state index < -0.39 is 6.55 Å². The average molecular weight is 366 g/mol. The maximum Gasteiger partial charge on any atom is 0.319 e. The minimum Gasteiger partial charge on any atom is -0.484 e. The van der Waals surface area contributed by atoms with Crippen LogP contribution in [0.25, 0.3) is 0 Å². The first kappa shape index (κ1) is 17.4. The van der Waals surface area contributed by atoms with Crippen LogP contribution >= 0.6 is 11.8 Å². The van der Waals surface area contributed by atoms with E-state index >= 15 is 0 Å². The summed E-state index contributed by atoms with van der Waals surface area (Å²) in [5.41, 5.74) is 2.11. The van der Waals surface area contributed by atoms with Crippen molar-refractivity contribution in [1.29, 1.82) is 0 Å². The number of hydrogen-bond donors (Lipinski definition) is 0. The van der Waals surface area contributed by atoms with Crippen molar-refractivity contribution in [1.82, 2.24) is 19.7 Å². The molecule has 0 unspecified atom stereocenters. The Kier molecular flexibility index (Phi) is 5.32. The minimum absolute atomic E-state index is 0.142. The number of halogens is 2. The van der Waals surface area contributed by atoms with Crippen LogP contribution in [-0.2, 0) is 12.4 Å². The summed E-state index contributed by atoms with van der Waals surface area (Å²) >= 11 is 1.15. The van der Waals surface area contributed by atoms with Crippen LogP contribution < -0.4 is 4.74 Å². The molecule has 9 heteroatoms. The zero-order valence-corrected chi connectivity index (χ0v) is 14.5. The SMILES string of the molecule is Cc1ccc(C)c(OCc2nnc(SCc3nccn3C(F)F)o2)c1. The van der Waals surface area contributed by atoms with Crippen molar-refractivity contribution < 1.29 is 17.9 Å². The number of thioether (sulfide) groups is 1. The molecule has 3 rings (SSSR count). The van der Waals surface area contributed by atoms with Crippen LogP contribution in [0.1, 0.15) is 29.4 Å². The number of ether oxygens (including phenoxy) is 1. The summed E-state index contributed by atoms with van der Waals surface area (Å²) in [6, 6.07) is 5.92. The van der Waals surface area contributed by atoms with E-state index in [-0.39, 0.29) is 23.4 Å². The van der Waals surface area contributed by atoms with Crippen LogP contribution in [0.15, 0.2) is 40.2 Å². The van der Waals surface area contributed by atoms with Crippen molar-refractivity contribution in [2.75, 3.05) is 0 Å². The largest absolute Gasteiger partial charge is 0.484 e. The standard InChI is InChI=1S/C16H16F2N4O2S/c1-10-3-4-11(2)12(7-10)23-8-14-20-21-16(24-14)25-9-13-19-5-6-22(13)15(17)18/h3-7,15H,8-9H2,1-2H3. The topological polar surface area (TPSA) is 66.0 Å². The Balaban J connectivity index is 1.57. The Hall–Kier alpha value is -2.42. The molecule has 0 N–H and O–H groups in total. The fourth-order valence-electron chi connectivity index (χ4n) is 2.12. The fraction of sp³-hybridized carbons (Fsp3) is 0.312. The summed E-state index contributed by atoms with van der Waals surface area (Å²) in [6.07, 6.45) is 2.57. The fourth-order valence-corrected chi connectivity index (χ4v) is 2.85. The van der Waals surface area contributed by atoms with Gasteiger partial charge in [0.1, 0.15) is 11.6 Å². The van der Waals surface area contributed by atoms with E-state index in [1.54, 1.807) is 0 Å². The second kappa shape index (κ2) is 7.64. The van der Waals surface area contributed by atoms with Crippen molar-refractivity contribution in [3.8, 4) is 5.75 Å². The van der Waals surface area contributed by atoms with Crippen LogP contribution in [0.5, 0.6) is 5.75 Å². The molecule has 0 aliphatic heterocycles. The van der Waals surface area contributed by atoms with Crippen molar-refractivity contribution >= 4 is 11.8 Å². The van der Waals surface area contributed by atoms with E-state index in [0.29, 0.717) is 5.89 Å². The summed E-state index contributed by atoms with van der Waals surface area (Å²) in [6.45, 7) is 1.46. The van der Waals surface area contributed by atoms with Crippen LogP contribution in [0.2, 0.25) is 0 Å². The second-order valence-corrected chi connectivity index (χ2v) is 6.26. The summed E-state index contributed by atoms with van der Waals surface area (Å²) in [5.74, 6) is 1.52. The van der Waals surface area contributed by atoms with Crippen LogP contribution in [0.3, 0.4) is 0 Å². The Morgan fingerprint density at radius 3 is 2.92 bits per heavy atom. The van der Waals surface area contributed by atoms with Crippen molar-refractivity contribution in [2.45, 2.75) is 38.0 Å². The van der Waals surface area contributed by atoms with Gasteiger partial charge in [0, 0.05) is 12.4 Å². The average Bonchev–Trinajstić information content (AvgIpc) is 3.22. The smallest absolute Gasteiger partial charge is 0.319 e. The lowest BCUT2D eigenvalue weighted by Crippen LogP contribution is -2.01. The highest BCUT2D eigenvalue weighted by molar-refractivity contribution is 7.98. The van der Waals surface area contributed by atoms with E-state index in [4.69, 9.17) is 9.15 Å². The Labute approximate surface area is 147 Å². The quantitative estimate of drug-likeness (QED) is 0.585. The van der Waals surface area contributed by atoms with Gasteiger partial charge < -0.3 is 9.15 Å². The molecule has 0 amide bonds. The molecule has 0 saturated carbocycles. The molecule has 3 aromatic rings. The zero-order chi connectivity index (χ0) is 17.8. The second-order valence-electron chi connectivity index (χ2n) is 5.34. The zero-order valence-electron chi connectivity index (χ0n) is 13.6. The molecule has 1 aromatic carbocycles. The first-order chi connectivity index (χ1) is 12.0. The minimum atomic E-state index is -2.62. The number of alkyl halides is 2. The maximum absolute atomic E-state index is 12.8. The highest BCUT2D eigenvalue weighted by atomic mass is 32.2. The molecule has 0 fully saturated rings. The Morgan fingerprint density at radius 1 is 1.28 bits per heavy atom. The third kappa shape index (κ3) is 4.36. The lowest BCUT2D eigenvalue weighted by molar-refractivity contribution is 0.0678. The maximum atomic E-state index is 12.8. The molecule has 2 aromatic heterocycles. The molecule has 0 spiro atoms. The van der Waals surface area contributed by atoms with Gasteiger partial charge in [-0.15, -0.1) is 10.2 Å². The van der Waals surface area contributed by atoms with Gasteiger partial charge in [0.15, 0.2) is 6.61 Å². The Morgan fingerprint density at radius 2 is 2.12 bits per heavy atom. The van der Waals surface area contributed by atoms with E-state index in [1.807, 2.05) is 32.0 Å². The lowest BCUT2D eigenvalue weighted by Gasteiger charge is -2.07. The molecule has 0 radical (unpaired) electrons. The third-order valence-corrected chi connectivity index (χ3v) is 4.24. The van der Waals surface area contributed by atoms with Crippen LogP contribution in [0, 0.1) is 13.8 Å². The van der Waals surface area contributed by atoms with E-state index in [2.05, 4.69) is 15.2 Å². The molecule has 0 aliphatic rings. The summed E-state index contributed by atoms with van der Waals surface area (Å²) in [5, 5.41) is 8.07. The molecule has 0 atom stereocenters. The van der Waals surface area contributed by atoms with Crippen molar-refractivity contribution in [3.63, 3.8) is 0 Å². The predicted molar refractivity (Wildman–Crippen MR) is 87.6 cm³/mol. The van der Waals surface area contributed by atoms with E-state index in [1.165, 1.54) is 12.4 Å². The van der Waals surface area contributed by atoms with Crippen molar-refractivity contribution in [3.05, 3.63) is 53.4 Å². The van der Waals surface area contributed by atoms with Gasteiger partial charge in [-0.1, -0.05) is 23.9 Å². The molecule has 25 heavy (non-hydrogen) atoms. The van der Waals surface area contributed by atoms with Crippen LogP contribution in [-0.4, -0.2) is 19.7 Å². The number of aromatic nitrogens is 4. The molecule has 132 valence electrons. The summed E-state index contributed by atoms with van der Waals surface area (Å²) in [4.78, 5) is 3.90. The first-order valence-corrected chi connectivity index (χ1v) is 8.46. The molecule has 0 saturated heterocycles. The van der Waals surface area contributed by atoms with Gasteiger partial charge in [0.2, 0.25) is 0 Å². The summed E-state index contributed by atoms with van der Waals surface area (Å²) in [7, 11) is 0. The van der Waals surface area contributed by atoms with Gasteiger partial charge in [0.25, 0.3) is 11.1 Å². The number of imidazole rings is 1. The first-order valence-electron chi connectivity index (χ1n) is 7.48.